The molecular formula is C30H35N3O5. The number of aromatic amines is 1. The Morgan fingerprint density at radius 1 is 1.00 bits per heavy atom. The fraction of sp³-hybridized carbons (Fsp3) is 0.333. The van der Waals surface area contributed by atoms with Crippen LogP contribution in [-0.2, 0) is 6.42 Å². The SMILES string of the molecule is COc1ccc(-c2ccc(OC(C)C)c(C(=O)N[C@@H](C)C(CO)Cc3c[nH]c4cnccc34)c2)cc1OC. The number of H-pyrrole nitrogens is 1. The van der Waals surface area contributed by atoms with Crippen LogP contribution < -0.4 is 19.5 Å². The summed E-state index contributed by atoms with van der Waals surface area (Å²) in [5, 5.41) is 14.3. The first-order valence-corrected chi connectivity index (χ1v) is 12.7. The van der Waals surface area contributed by atoms with Crippen LogP contribution in [0.4, 0.5) is 0 Å². The van der Waals surface area contributed by atoms with Gasteiger partial charge in [0.1, 0.15) is 5.75 Å². The van der Waals surface area contributed by atoms with Crippen LogP contribution in [0.2, 0.25) is 0 Å². The number of fused-ring (bicyclic) bond motifs is 1. The van der Waals surface area contributed by atoms with Crippen LogP contribution in [0, 0.1) is 5.92 Å². The third-order valence-corrected chi connectivity index (χ3v) is 6.66. The summed E-state index contributed by atoms with van der Waals surface area (Å²) in [6.07, 6.45) is 5.96. The molecule has 0 spiro atoms. The fourth-order valence-electron chi connectivity index (χ4n) is 4.54. The van der Waals surface area contributed by atoms with Crippen LogP contribution in [0.25, 0.3) is 22.0 Å². The molecule has 0 radical (unpaired) electrons. The van der Waals surface area contributed by atoms with Gasteiger partial charge < -0.3 is 29.6 Å². The van der Waals surface area contributed by atoms with Crippen molar-refractivity contribution in [1.82, 2.24) is 15.3 Å². The number of methoxy groups -OCH3 is 2. The Bertz CT molecular complexity index is 1400. The van der Waals surface area contributed by atoms with Gasteiger partial charge in [-0.2, -0.15) is 0 Å². The average Bonchev–Trinajstić information content (AvgIpc) is 3.33. The quantitative estimate of drug-likeness (QED) is 0.258. The van der Waals surface area contributed by atoms with Gasteiger partial charge >= 0.3 is 0 Å². The van der Waals surface area contributed by atoms with E-state index in [1.54, 1.807) is 26.6 Å². The lowest BCUT2D eigenvalue weighted by Gasteiger charge is -2.24. The van der Waals surface area contributed by atoms with Crippen molar-refractivity contribution in [2.24, 2.45) is 5.92 Å². The Morgan fingerprint density at radius 3 is 2.39 bits per heavy atom. The van der Waals surface area contributed by atoms with E-state index in [0.29, 0.717) is 29.2 Å². The van der Waals surface area contributed by atoms with E-state index in [9.17, 15) is 9.90 Å². The van der Waals surface area contributed by atoms with E-state index in [1.807, 2.05) is 69.4 Å². The number of aliphatic hydroxyl groups is 1. The highest BCUT2D eigenvalue weighted by molar-refractivity contribution is 5.98. The summed E-state index contributed by atoms with van der Waals surface area (Å²) in [5.74, 6) is 1.28. The molecule has 8 nitrogen and oxygen atoms in total. The molecule has 4 rings (SSSR count). The molecule has 4 aromatic rings. The lowest BCUT2D eigenvalue weighted by molar-refractivity contribution is 0.0905. The van der Waals surface area contributed by atoms with Crippen LogP contribution in [0.1, 0.15) is 36.7 Å². The molecule has 0 aliphatic carbocycles. The zero-order valence-corrected chi connectivity index (χ0v) is 22.4. The number of pyridine rings is 1. The molecule has 2 atom stereocenters. The minimum absolute atomic E-state index is 0.0692. The van der Waals surface area contributed by atoms with E-state index in [2.05, 4.69) is 15.3 Å². The summed E-state index contributed by atoms with van der Waals surface area (Å²) >= 11 is 0. The molecule has 3 N–H and O–H groups in total. The van der Waals surface area contributed by atoms with E-state index >= 15 is 0 Å². The molecule has 2 aromatic carbocycles. The number of carbonyl (C=O) groups is 1. The Balaban J connectivity index is 1.59. The minimum atomic E-state index is -0.295. The Labute approximate surface area is 223 Å². The van der Waals surface area contributed by atoms with Gasteiger partial charge in [-0.1, -0.05) is 12.1 Å². The Morgan fingerprint density at radius 2 is 1.71 bits per heavy atom. The van der Waals surface area contributed by atoms with E-state index < -0.39 is 0 Å². The first-order chi connectivity index (χ1) is 18.3. The summed E-state index contributed by atoms with van der Waals surface area (Å²) in [5.41, 5.74) is 4.15. The van der Waals surface area contributed by atoms with Crippen LogP contribution in [-0.4, -0.2) is 54.0 Å². The highest BCUT2D eigenvalue weighted by atomic mass is 16.5. The lowest BCUT2D eigenvalue weighted by atomic mass is 9.93. The number of benzene rings is 2. The summed E-state index contributed by atoms with van der Waals surface area (Å²) in [6.45, 7) is 5.69. The van der Waals surface area contributed by atoms with Gasteiger partial charge in [0.05, 0.1) is 37.6 Å². The molecule has 0 saturated carbocycles. The van der Waals surface area contributed by atoms with Crippen molar-refractivity contribution in [3.8, 4) is 28.4 Å². The van der Waals surface area contributed by atoms with Crippen molar-refractivity contribution in [2.45, 2.75) is 39.3 Å². The number of aromatic nitrogens is 2. The largest absolute Gasteiger partial charge is 0.493 e. The maximum atomic E-state index is 13.6. The predicted molar refractivity (Wildman–Crippen MR) is 148 cm³/mol. The average molecular weight is 518 g/mol. The second-order valence-corrected chi connectivity index (χ2v) is 9.59. The van der Waals surface area contributed by atoms with Crippen LogP contribution >= 0.6 is 0 Å². The number of hydrogen-bond donors (Lipinski definition) is 3. The molecule has 0 bridgehead atoms. The van der Waals surface area contributed by atoms with Gasteiger partial charge in [-0.15, -0.1) is 0 Å². The van der Waals surface area contributed by atoms with Crippen molar-refractivity contribution in [2.75, 3.05) is 20.8 Å². The second kappa shape index (κ2) is 12.0. The highest BCUT2D eigenvalue weighted by Crippen LogP contribution is 2.34. The van der Waals surface area contributed by atoms with Crippen molar-refractivity contribution in [3.63, 3.8) is 0 Å². The molecule has 1 amide bonds. The first kappa shape index (κ1) is 27.0. The number of carbonyl (C=O) groups excluding carboxylic acids is 1. The highest BCUT2D eigenvalue weighted by Gasteiger charge is 2.23. The molecule has 1 unspecified atom stereocenters. The van der Waals surface area contributed by atoms with Gasteiger partial charge in [0.2, 0.25) is 0 Å². The third kappa shape index (κ3) is 5.92. The minimum Gasteiger partial charge on any atom is -0.493 e. The number of aliphatic hydroxyl groups excluding tert-OH is 1. The monoisotopic (exact) mass is 517 g/mol. The number of ether oxygens (including phenoxy) is 3. The summed E-state index contributed by atoms with van der Waals surface area (Å²) < 4.78 is 16.8. The van der Waals surface area contributed by atoms with E-state index in [1.165, 1.54) is 0 Å². The Kier molecular flexibility index (Phi) is 8.53. The lowest BCUT2D eigenvalue weighted by Crippen LogP contribution is -2.40. The topological polar surface area (TPSA) is 106 Å². The van der Waals surface area contributed by atoms with E-state index in [0.717, 1.165) is 27.6 Å². The van der Waals surface area contributed by atoms with Gasteiger partial charge in [-0.05, 0) is 74.2 Å². The molecule has 0 saturated heterocycles. The standard InChI is InChI=1S/C30H35N3O5/c1-18(2)38-27-8-6-20(21-7-9-28(36-4)29(14-21)37-5)13-25(27)30(35)33-19(3)23(17-34)12-22-15-32-26-16-31-11-10-24(22)26/h6-11,13-16,18-19,23,32,34H,12,17H2,1-5H3,(H,33,35)/t19-,23?/m0/s1. The number of amides is 1. The van der Waals surface area contributed by atoms with E-state index in [4.69, 9.17) is 14.2 Å². The molecular weight excluding hydrogens is 482 g/mol. The smallest absolute Gasteiger partial charge is 0.255 e. The van der Waals surface area contributed by atoms with Crippen LogP contribution in [0.15, 0.2) is 61.1 Å². The van der Waals surface area contributed by atoms with Gasteiger partial charge in [0.25, 0.3) is 5.91 Å². The van der Waals surface area contributed by atoms with E-state index in [-0.39, 0.29) is 30.6 Å². The zero-order chi connectivity index (χ0) is 27.2. The number of nitrogens with one attached hydrogen (secondary N) is 2. The normalized spacial score (nSPS) is 12.8. The summed E-state index contributed by atoms with van der Waals surface area (Å²) in [4.78, 5) is 20.9. The molecule has 8 heteroatoms. The Hall–Kier alpha value is -4.04. The van der Waals surface area contributed by atoms with Crippen LogP contribution in [0.5, 0.6) is 17.2 Å². The van der Waals surface area contributed by atoms with Crippen LogP contribution in [0.3, 0.4) is 0 Å². The molecule has 0 fully saturated rings. The third-order valence-electron chi connectivity index (χ3n) is 6.66. The first-order valence-electron chi connectivity index (χ1n) is 12.7. The van der Waals surface area contributed by atoms with Crippen molar-refractivity contribution < 1.29 is 24.1 Å². The van der Waals surface area contributed by atoms with Crippen molar-refractivity contribution in [3.05, 3.63) is 72.2 Å². The molecule has 2 aromatic heterocycles. The van der Waals surface area contributed by atoms with Gasteiger partial charge in [0.15, 0.2) is 11.5 Å². The van der Waals surface area contributed by atoms with Crippen molar-refractivity contribution in [1.29, 1.82) is 0 Å². The molecule has 0 aliphatic rings. The maximum absolute atomic E-state index is 13.6. The van der Waals surface area contributed by atoms with Gasteiger partial charge in [0, 0.05) is 36.3 Å². The molecule has 200 valence electrons. The maximum Gasteiger partial charge on any atom is 0.255 e. The predicted octanol–water partition coefficient (Wildman–Crippen LogP) is 5.00. The zero-order valence-electron chi connectivity index (χ0n) is 22.4. The van der Waals surface area contributed by atoms with Gasteiger partial charge in [-0.25, -0.2) is 0 Å². The summed E-state index contributed by atoms with van der Waals surface area (Å²) in [7, 11) is 3.18. The fourth-order valence-corrected chi connectivity index (χ4v) is 4.54. The number of nitrogens with zero attached hydrogens (tertiary/aromatic N) is 1. The number of rotatable bonds is 11. The second-order valence-electron chi connectivity index (χ2n) is 9.59. The van der Waals surface area contributed by atoms with Gasteiger partial charge in [-0.3, -0.25) is 9.78 Å². The molecule has 38 heavy (non-hydrogen) atoms. The molecule has 2 heterocycles. The number of hydrogen-bond acceptors (Lipinski definition) is 6. The summed E-state index contributed by atoms with van der Waals surface area (Å²) in [6, 6.07) is 12.8. The molecule has 0 aliphatic heterocycles. The van der Waals surface area contributed by atoms with Crippen molar-refractivity contribution >= 4 is 16.8 Å².